The van der Waals surface area contributed by atoms with Crippen LogP contribution in [0.4, 0.5) is 5.69 Å². The van der Waals surface area contributed by atoms with E-state index < -0.39 is 0 Å². The fraction of sp³-hybridized carbons (Fsp3) is 0.0870. The summed E-state index contributed by atoms with van der Waals surface area (Å²) in [6.45, 7) is 0.380. The molecule has 0 aliphatic rings. The van der Waals surface area contributed by atoms with E-state index in [9.17, 15) is 9.59 Å². The third kappa shape index (κ3) is 4.01. The molecule has 0 spiro atoms. The largest absolute Gasteiger partial charge is 0.473 e. The lowest BCUT2D eigenvalue weighted by atomic mass is 10.1. The molecular formula is C23H19N3O3. The molecule has 4 aromatic rings. The summed E-state index contributed by atoms with van der Waals surface area (Å²) in [6, 6.07) is 21.8. The van der Waals surface area contributed by atoms with Crippen molar-refractivity contribution in [2.24, 2.45) is 7.05 Å². The molecule has 0 aliphatic heterocycles. The third-order valence-corrected chi connectivity index (χ3v) is 4.62. The van der Waals surface area contributed by atoms with Crippen molar-refractivity contribution in [1.82, 2.24) is 9.55 Å². The maximum Gasteiger partial charge on any atom is 0.256 e. The highest BCUT2D eigenvalue weighted by molar-refractivity contribution is 6.12. The van der Waals surface area contributed by atoms with Crippen molar-refractivity contribution in [2.45, 2.75) is 6.61 Å². The molecule has 1 N–H and O–H groups in total. The van der Waals surface area contributed by atoms with Crippen molar-refractivity contribution >= 4 is 22.5 Å². The second-order valence-corrected chi connectivity index (χ2v) is 6.58. The first-order valence-corrected chi connectivity index (χ1v) is 9.15. The second kappa shape index (κ2) is 7.98. The van der Waals surface area contributed by atoms with E-state index >= 15 is 0 Å². The Balaban J connectivity index is 1.56. The van der Waals surface area contributed by atoms with Gasteiger partial charge in [-0.05, 0) is 17.7 Å². The van der Waals surface area contributed by atoms with E-state index in [-0.39, 0.29) is 11.5 Å². The Hall–Kier alpha value is -3.93. The number of amides is 1. The van der Waals surface area contributed by atoms with E-state index in [4.69, 9.17) is 4.74 Å². The van der Waals surface area contributed by atoms with Crippen LogP contribution in [0.1, 0.15) is 15.9 Å². The summed E-state index contributed by atoms with van der Waals surface area (Å²) < 4.78 is 7.23. The summed E-state index contributed by atoms with van der Waals surface area (Å²) in [6.07, 6.45) is 1.57. The normalized spacial score (nSPS) is 10.7. The first-order valence-electron chi connectivity index (χ1n) is 9.15. The van der Waals surface area contributed by atoms with Gasteiger partial charge < -0.3 is 14.6 Å². The van der Waals surface area contributed by atoms with Gasteiger partial charge in [0.2, 0.25) is 5.88 Å². The van der Waals surface area contributed by atoms with E-state index in [0.29, 0.717) is 34.6 Å². The molecular weight excluding hydrogens is 366 g/mol. The molecule has 2 aromatic carbocycles. The van der Waals surface area contributed by atoms with Crippen LogP contribution in [0.25, 0.3) is 10.9 Å². The van der Waals surface area contributed by atoms with Crippen LogP contribution in [-0.2, 0) is 13.7 Å². The van der Waals surface area contributed by atoms with Gasteiger partial charge in [-0.15, -0.1) is 0 Å². The van der Waals surface area contributed by atoms with Gasteiger partial charge in [0.25, 0.3) is 11.5 Å². The second-order valence-electron chi connectivity index (χ2n) is 6.58. The first kappa shape index (κ1) is 18.4. The predicted octanol–water partition coefficient (Wildman–Crippen LogP) is 3.76. The molecule has 2 heterocycles. The molecule has 1 amide bonds. The van der Waals surface area contributed by atoms with E-state index in [0.717, 1.165) is 5.56 Å². The smallest absolute Gasteiger partial charge is 0.256 e. The molecule has 0 aliphatic carbocycles. The molecule has 0 radical (unpaired) electrons. The number of hydrogen-bond acceptors (Lipinski definition) is 4. The number of pyridine rings is 2. The molecule has 0 saturated heterocycles. The predicted molar refractivity (Wildman–Crippen MR) is 112 cm³/mol. The standard InChI is InChI=1S/C23H19N3O3/c1-26-20-10-6-5-9-18(20)19(14-22(26)27)23(28)25-17-11-12-24-21(13-17)29-15-16-7-3-2-4-8-16/h2-14H,15H2,1H3,(H,24,25,28). The Kier molecular flexibility index (Phi) is 5.07. The lowest BCUT2D eigenvalue weighted by molar-refractivity contribution is 0.102. The monoisotopic (exact) mass is 385 g/mol. The highest BCUT2D eigenvalue weighted by Gasteiger charge is 2.14. The average molecular weight is 385 g/mol. The minimum Gasteiger partial charge on any atom is -0.473 e. The average Bonchev–Trinajstić information content (AvgIpc) is 2.76. The number of benzene rings is 2. The van der Waals surface area contributed by atoms with Crippen molar-refractivity contribution in [3.05, 3.63) is 100 Å². The fourth-order valence-corrected chi connectivity index (χ4v) is 3.09. The molecule has 2 aromatic heterocycles. The van der Waals surface area contributed by atoms with Crippen LogP contribution in [0.3, 0.4) is 0 Å². The Morgan fingerprint density at radius 2 is 1.79 bits per heavy atom. The first-order chi connectivity index (χ1) is 14.1. The number of ether oxygens (including phenoxy) is 1. The Labute approximate surface area is 167 Å². The maximum absolute atomic E-state index is 12.9. The Morgan fingerprint density at radius 1 is 1.03 bits per heavy atom. The summed E-state index contributed by atoms with van der Waals surface area (Å²) >= 11 is 0. The van der Waals surface area contributed by atoms with Gasteiger partial charge in [0, 0.05) is 36.5 Å². The topological polar surface area (TPSA) is 73.2 Å². The Morgan fingerprint density at radius 3 is 2.62 bits per heavy atom. The fourth-order valence-electron chi connectivity index (χ4n) is 3.09. The van der Waals surface area contributed by atoms with Gasteiger partial charge >= 0.3 is 0 Å². The number of aryl methyl sites for hydroxylation is 1. The third-order valence-electron chi connectivity index (χ3n) is 4.62. The van der Waals surface area contributed by atoms with Crippen LogP contribution in [0.2, 0.25) is 0 Å². The lowest BCUT2D eigenvalue weighted by Gasteiger charge is -2.11. The maximum atomic E-state index is 12.9. The molecule has 4 rings (SSSR count). The van der Waals surface area contributed by atoms with Crippen LogP contribution in [0.5, 0.6) is 5.88 Å². The zero-order valence-electron chi connectivity index (χ0n) is 15.8. The SMILES string of the molecule is Cn1c(=O)cc(C(=O)Nc2ccnc(OCc3ccccc3)c2)c2ccccc21. The van der Waals surface area contributed by atoms with Crippen LogP contribution in [0, 0.1) is 0 Å². The zero-order chi connectivity index (χ0) is 20.2. The lowest BCUT2D eigenvalue weighted by Crippen LogP contribution is -2.21. The van der Waals surface area contributed by atoms with Crippen LogP contribution in [0.15, 0.2) is 83.8 Å². The number of anilines is 1. The number of nitrogens with zero attached hydrogens (tertiary/aromatic N) is 2. The quantitative estimate of drug-likeness (QED) is 0.568. The minimum absolute atomic E-state index is 0.240. The van der Waals surface area contributed by atoms with Crippen molar-refractivity contribution in [1.29, 1.82) is 0 Å². The zero-order valence-corrected chi connectivity index (χ0v) is 15.8. The summed E-state index contributed by atoms with van der Waals surface area (Å²) in [5.41, 5.74) is 2.35. The van der Waals surface area contributed by atoms with E-state index in [1.807, 2.05) is 54.6 Å². The van der Waals surface area contributed by atoms with Gasteiger partial charge in [0.1, 0.15) is 6.61 Å². The molecule has 144 valence electrons. The molecule has 0 saturated carbocycles. The number of para-hydroxylation sites is 1. The van der Waals surface area contributed by atoms with Crippen molar-refractivity contribution in [3.8, 4) is 5.88 Å². The van der Waals surface area contributed by atoms with Crippen LogP contribution >= 0.6 is 0 Å². The molecule has 6 heteroatoms. The molecule has 6 nitrogen and oxygen atoms in total. The van der Waals surface area contributed by atoms with Crippen LogP contribution in [-0.4, -0.2) is 15.5 Å². The van der Waals surface area contributed by atoms with Crippen molar-refractivity contribution in [2.75, 3.05) is 5.32 Å². The molecule has 0 fully saturated rings. The number of hydrogen-bond donors (Lipinski definition) is 1. The van der Waals surface area contributed by atoms with Gasteiger partial charge in [-0.1, -0.05) is 48.5 Å². The van der Waals surface area contributed by atoms with Gasteiger partial charge in [0.05, 0.1) is 11.1 Å². The number of nitrogens with one attached hydrogen (secondary N) is 1. The van der Waals surface area contributed by atoms with Gasteiger partial charge in [-0.2, -0.15) is 0 Å². The number of rotatable bonds is 5. The van der Waals surface area contributed by atoms with Gasteiger partial charge in [-0.25, -0.2) is 4.98 Å². The van der Waals surface area contributed by atoms with Gasteiger partial charge in [-0.3, -0.25) is 9.59 Å². The van der Waals surface area contributed by atoms with Crippen molar-refractivity contribution in [3.63, 3.8) is 0 Å². The van der Waals surface area contributed by atoms with Crippen molar-refractivity contribution < 1.29 is 9.53 Å². The summed E-state index contributed by atoms with van der Waals surface area (Å²) in [5, 5.41) is 3.54. The number of aromatic nitrogens is 2. The number of carbonyl (C=O) groups is 1. The molecule has 29 heavy (non-hydrogen) atoms. The summed E-state index contributed by atoms with van der Waals surface area (Å²) in [7, 11) is 1.69. The molecule has 0 atom stereocenters. The summed E-state index contributed by atoms with van der Waals surface area (Å²) in [4.78, 5) is 29.3. The van der Waals surface area contributed by atoms with Gasteiger partial charge in [0.15, 0.2) is 0 Å². The van der Waals surface area contributed by atoms with Crippen LogP contribution < -0.4 is 15.6 Å². The van der Waals surface area contributed by atoms with E-state index in [1.54, 1.807) is 25.4 Å². The number of carbonyl (C=O) groups excluding carboxylic acids is 1. The van der Waals surface area contributed by atoms with E-state index in [1.165, 1.54) is 10.6 Å². The Bertz CT molecular complexity index is 1230. The summed E-state index contributed by atoms with van der Waals surface area (Å²) in [5.74, 6) is 0.0413. The number of fused-ring (bicyclic) bond motifs is 1. The highest BCUT2D eigenvalue weighted by Crippen LogP contribution is 2.20. The molecule has 0 unspecified atom stereocenters. The highest BCUT2D eigenvalue weighted by atomic mass is 16.5. The van der Waals surface area contributed by atoms with E-state index in [2.05, 4.69) is 10.3 Å². The minimum atomic E-state index is -0.362. The molecule has 0 bridgehead atoms.